The molecule has 9 nitrogen and oxygen atoms in total. The summed E-state index contributed by atoms with van der Waals surface area (Å²) in [5.74, 6) is 0.674. The van der Waals surface area contributed by atoms with Gasteiger partial charge >= 0.3 is 0 Å². The van der Waals surface area contributed by atoms with Crippen molar-refractivity contribution in [3.8, 4) is 11.5 Å². The van der Waals surface area contributed by atoms with E-state index < -0.39 is 10.8 Å². The van der Waals surface area contributed by atoms with Crippen LogP contribution in [-0.2, 0) is 0 Å². The summed E-state index contributed by atoms with van der Waals surface area (Å²) in [6.45, 7) is 1.77. The highest BCUT2D eigenvalue weighted by molar-refractivity contribution is 5.95. The molecule has 0 aromatic heterocycles. The van der Waals surface area contributed by atoms with Gasteiger partial charge in [-0.15, -0.1) is 0 Å². The number of anilines is 1. The summed E-state index contributed by atoms with van der Waals surface area (Å²) in [6, 6.07) is 9.77. The molecule has 1 N–H and O–H groups in total. The van der Waals surface area contributed by atoms with Gasteiger partial charge in [-0.25, -0.2) is 5.43 Å². The Hall–Kier alpha value is -3.62. The van der Waals surface area contributed by atoms with Gasteiger partial charge in [-0.1, -0.05) is 6.07 Å². The Morgan fingerprint density at radius 3 is 2.71 bits per heavy atom. The first-order valence-electron chi connectivity index (χ1n) is 8.88. The lowest BCUT2D eigenvalue weighted by atomic mass is 10.1. The van der Waals surface area contributed by atoms with Gasteiger partial charge in [-0.05, 0) is 37.1 Å². The summed E-state index contributed by atoms with van der Waals surface area (Å²) in [7, 11) is 0. The fourth-order valence-electron chi connectivity index (χ4n) is 3.26. The average Bonchev–Trinajstić information content (AvgIpc) is 3.39. The smallest absolute Gasteiger partial charge is 0.293 e. The minimum atomic E-state index is -0.419. The molecule has 0 saturated carbocycles. The summed E-state index contributed by atoms with van der Waals surface area (Å²) in [4.78, 5) is 25.3. The van der Waals surface area contributed by atoms with Gasteiger partial charge in [-0.2, -0.15) is 5.10 Å². The Labute approximate surface area is 160 Å². The fraction of sp³-hybridized carbons (Fsp3) is 0.263. The lowest BCUT2D eigenvalue weighted by Crippen LogP contribution is -2.19. The quantitative estimate of drug-likeness (QED) is 0.484. The minimum absolute atomic E-state index is 0.0351. The largest absolute Gasteiger partial charge is 0.454 e. The predicted molar refractivity (Wildman–Crippen MR) is 102 cm³/mol. The summed E-state index contributed by atoms with van der Waals surface area (Å²) in [6.07, 6.45) is 3.45. The van der Waals surface area contributed by atoms with Gasteiger partial charge in [0.25, 0.3) is 11.6 Å². The molecule has 2 aliphatic heterocycles. The number of ether oxygens (including phenoxy) is 2. The van der Waals surface area contributed by atoms with Gasteiger partial charge < -0.3 is 14.4 Å². The Kier molecular flexibility index (Phi) is 4.79. The van der Waals surface area contributed by atoms with E-state index in [9.17, 15) is 14.9 Å². The SMILES string of the molecule is O=C(N/N=C/c1ccc(N2CCCC2)c([N+](=O)[O-])c1)c1ccc2c(c1)OCO2. The van der Waals surface area contributed by atoms with Crippen molar-refractivity contribution in [2.24, 2.45) is 5.10 Å². The maximum atomic E-state index is 12.2. The van der Waals surface area contributed by atoms with Crippen molar-refractivity contribution in [1.82, 2.24) is 5.43 Å². The molecule has 0 aliphatic carbocycles. The molecule has 0 atom stereocenters. The number of hydrogen-bond acceptors (Lipinski definition) is 7. The highest BCUT2D eigenvalue weighted by Gasteiger charge is 2.22. The van der Waals surface area contributed by atoms with Crippen LogP contribution in [0.5, 0.6) is 11.5 Å². The third-order valence-electron chi connectivity index (χ3n) is 4.66. The lowest BCUT2D eigenvalue weighted by molar-refractivity contribution is -0.384. The molecule has 9 heteroatoms. The molecule has 1 saturated heterocycles. The first-order chi connectivity index (χ1) is 13.6. The average molecular weight is 382 g/mol. The molecule has 144 valence electrons. The maximum Gasteiger partial charge on any atom is 0.293 e. The number of nitrogens with zero attached hydrogens (tertiary/aromatic N) is 3. The predicted octanol–water partition coefficient (Wildman–Crippen LogP) is 2.69. The van der Waals surface area contributed by atoms with Crippen molar-refractivity contribution in [2.45, 2.75) is 12.8 Å². The monoisotopic (exact) mass is 382 g/mol. The van der Waals surface area contributed by atoms with E-state index in [1.165, 1.54) is 12.3 Å². The number of amides is 1. The standard InChI is InChI=1S/C19H18N4O5/c24-19(14-4-6-17-18(10-14)28-12-27-17)21-20-11-13-3-5-15(16(9-13)23(25)26)22-7-1-2-8-22/h3-6,9-11H,1-2,7-8,12H2,(H,21,24)/b20-11+. The molecular weight excluding hydrogens is 364 g/mol. The van der Waals surface area contributed by atoms with Crippen molar-refractivity contribution in [3.05, 3.63) is 57.6 Å². The molecular formula is C19H18N4O5. The minimum Gasteiger partial charge on any atom is -0.454 e. The van der Waals surface area contributed by atoms with Gasteiger partial charge in [0.2, 0.25) is 6.79 Å². The second-order valence-corrected chi connectivity index (χ2v) is 6.47. The van der Waals surface area contributed by atoms with Crippen LogP contribution in [0.4, 0.5) is 11.4 Å². The van der Waals surface area contributed by atoms with Crippen LogP contribution in [0.2, 0.25) is 0 Å². The van der Waals surface area contributed by atoms with Crippen molar-refractivity contribution < 1.29 is 19.2 Å². The molecule has 2 aliphatic rings. The summed E-state index contributed by atoms with van der Waals surface area (Å²) >= 11 is 0. The van der Waals surface area contributed by atoms with Crippen molar-refractivity contribution >= 4 is 23.5 Å². The molecule has 0 bridgehead atoms. The van der Waals surface area contributed by atoms with E-state index in [1.54, 1.807) is 30.3 Å². The summed E-state index contributed by atoms with van der Waals surface area (Å²) in [5.41, 5.74) is 3.96. The first-order valence-corrected chi connectivity index (χ1v) is 8.88. The van der Waals surface area contributed by atoms with Gasteiger partial charge in [-0.3, -0.25) is 14.9 Å². The van der Waals surface area contributed by atoms with Crippen molar-refractivity contribution in [3.63, 3.8) is 0 Å². The number of carbonyl (C=O) groups excluding carboxylic acids is 1. The fourth-order valence-corrected chi connectivity index (χ4v) is 3.26. The molecule has 1 amide bonds. The van der Waals surface area contributed by atoms with Crippen molar-refractivity contribution in [2.75, 3.05) is 24.8 Å². The van der Waals surface area contributed by atoms with E-state index in [-0.39, 0.29) is 12.5 Å². The number of benzene rings is 2. The van der Waals surface area contributed by atoms with Crippen LogP contribution >= 0.6 is 0 Å². The topological polar surface area (TPSA) is 106 Å². The highest BCUT2D eigenvalue weighted by atomic mass is 16.7. The summed E-state index contributed by atoms with van der Waals surface area (Å²) < 4.78 is 10.5. The summed E-state index contributed by atoms with van der Waals surface area (Å²) in [5, 5.41) is 15.3. The third-order valence-corrected chi connectivity index (χ3v) is 4.66. The zero-order valence-electron chi connectivity index (χ0n) is 15.0. The van der Waals surface area contributed by atoms with E-state index in [4.69, 9.17) is 9.47 Å². The van der Waals surface area contributed by atoms with Crippen LogP contribution < -0.4 is 19.8 Å². The molecule has 0 unspecified atom stereocenters. The Morgan fingerprint density at radius 2 is 1.93 bits per heavy atom. The van der Waals surface area contributed by atoms with Crippen LogP contribution in [0.15, 0.2) is 41.5 Å². The zero-order valence-corrected chi connectivity index (χ0v) is 15.0. The number of hydrazone groups is 1. The normalized spacial score (nSPS) is 15.2. The number of nitrogens with one attached hydrogen (secondary N) is 1. The van der Waals surface area contributed by atoms with E-state index in [2.05, 4.69) is 10.5 Å². The van der Waals surface area contributed by atoms with Crippen LogP contribution in [0.1, 0.15) is 28.8 Å². The number of nitro benzene ring substituents is 1. The molecule has 2 heterocycles. The van der Waals surface area contributed by atoms with E-state index in [1.807, 2.05) is 4.90 Å². The van der Waals surface area contributed by atoms with Crippen LogP contribution in [0.25, 0.3) is 0 Å². The third kappa shape index (κ3) is 3.59. The number of hydrogen-bond donors (Lipinski definition) is 1. The molecule has 0 radical (unpaired) electrons. The molecule has 0 spiro atoms. The van der Waals surface area contributed by atoms with E-state index in [0.29, 0.717) is 28.3 Å². The number of carbonyl (C=O) groups is 1. The first kappa shape index (κ1) is 17.8. The highest BCUT2D eigenvalue weighted by Crippen LogP contribution is 2.33. The van der Waals surface area contributed by atoms with Gasteiger partial charge in [0.15, 0.2) is 11.5 Å². The van der Waals surface area contributed by atoms with E-state index in [0.717, 1.165) is 25.9 Å². The molecule has 2 aromatic carbocycles. The second kappa shape index (κ2) is 7.55. The number of nitro groups is 1. The van der Waals surface area contributed by atoms with Crippen LogP contribution in [0.3, 0.4) is 0 Å². The van der Waals surface area contributed by atoms with E-state index >= 15 is 0 Å². The molecule has 28 heavy (non-hydrogen) atoms. The molecule has 1 fully saturated rings. The Balaban J connectivity index is 1.46. The zero-order chi connectivity index (χ0) is 19.5. The molecule has 2 aromatic rings. The van der Waals surface area contributed by atoms with Gasteiger partial charge in [0.05, 0.1) is 11.1 Å². The number of rotatable bonds is 5. The Bertz CT molecular complexity index is 953. The Morgan fingerprint density at radius 1 is 1.14 bits per heavy atom. The lowest BCUT2D eigenvalue weighted by Gasteiger charge is -2.17. The second-order valence-electron chi connectivity index (χ2n) is 6.47. The van der Waals surface area contributed by atoms with Gasteiger partial charge in [0, 0.05) is 30.3 Å². The molecule has 4 rings (SSSR count). The van der Waals surface area contributed by atoms with Crippen molar-refractivity contribution in [1.29, 1.82) is 0 Å². The number of fused-ring (bicyclic) bond motifs is 1. The maximum absolute atomic E-state index is 12.2. The van der Waals surface area contributed by atoms with Crippen LogP contribution in [-0.4, -0.2) is 36.9 Å². The van der Waals surface area contributed by atoms with Gasteiger partial charge in [0.1, 0.15) is 5.69 Å². The van der Waals surface area contributed by atoms with Crippen LogP contribution in [0, 0.1) is 10.1 Å².